The van der Waals surface area contributed by atoms with Gasteiger partial charge in [0.15, 0.2) is 5.54 Å². The van der Waals surface area contributed by atoms with Crippen LogP contribution in [0.15, 0.2) is 24.3 Å². The van der Waals surface area contributed by atoms with Crippen LogP contribution < -0.4 is 5.32 Å². The third kappa shape index (κ3) is 4.67. The lowest BCUT2D eigenvalue weighted by atomic mass is 9.73. The number of carboxylic acid groups (broad SMARTS) is 1. The van der Waals surface area contributed by atoms with Crippen molar-refractivity contribution in [1.29, 1.82) is 0 Å². The molecule has 2 N–H and O–H groups in total. The van der Waals surface area contributed by atoms with Gasteiger partial charge >= 0.3 is 12.0 Å². The highest BCUT2D eigenvalue weighted by molar-refractivity contribution is 5.87. The second-order valence-electron chi connectivity index (χ2n) is 6.70. The van der Waals surface area contributed by atoms with E-state index < -0.39 is 36.3 Å². The Labute approximate surface area is 146 Å². The third-order valence-electron chi connectivity index (χ3n) is 4.56. The first-order valence-electron chi connectivity index (χ1n) is 8.41. The van der Waals surface area contributed by atoms with E-state index in [4.69, 9.17) is 0 Å². The van der Waals surface area contributed by atoms with Crippen molar-refractivity contribution in [3.8, 4) is 0 Å². The Morgan fingerprint density at radius 3 is 2.32 bits per heavy atom. The van der Waals surface area contributed by atoms with Crippen molar-refractivity contribution in [3.05, 3.63) is 35.4 Å². The summed E-state index contributed by atoms with van der Waals surface area (Å²) in [7, 11) is 0. The maximum Gasteiger partial charge on any atom is 0.329 e. The Balaban J connectivity index is 1.87. The van der Waals surface area contributed by atoms with E-state index in [1.165, 1.54) is 10.5 Å². The van der Waals surface area contributed by atoms with E-state index in [0.29, 0.717) is 19.5 Å². The number of urea groups is 1. The molecule has 0 spiro atoms. The third-order valence-corrected chi connectivity index (χ3v) is 4.56. The maximum atomic E-state index is 13.1. The molecule has 2 rings (SSSR count). The van der Waals surface area contributed by atoms with Gasteiger partial charge in [0.05, 0.1) is 0 Å². The highest BCUT2D eigenvalue weighted by Gasteiger charge is 2.62. The molecule has 0 bridgehead atoms. The number of alkyl halides is 2. The molecule has 0 aromatic heterocycles. The lowest BCUT2D eigenvalue weighted by molar-refractivity contribution is -0.175. The van der Waals surface area contributed by atoms with Gasteiger partial charge in [-0.25, -0.2) is 18.4 Å². The minimum Gasteiger partial charge on any atom is -0.479 e. The molecule has 0 aliphatic heterocycles. The first-order chi connectivity index (χ1) is 11.7. The van der Waals surface area contributed by atoms with Gasteiger partial charge in [0, 0.05) is 25.9 Å². The predicted octanol–water partition coefficient (Wildman–Crippen LogP) is 3.21. The molecule has 5 nitrogen and oxygen atoms in total. The van der Waals surface area contributed by atoms with Crippen LogP contribution in [-0.4, -0.2) is 46.6 Å². The molecule has 1 saturated carbocycles. The van der Waals surface area contributed by atoms with Crippen LogP contribution in [0.1, 0.15) is 37.3 Å². The number of hydrogen-bond donors (Lipinski definition) is 2. The van der Waals surface area contributed by atoms with Crippen molar-refractivity contribution < 1.29 is 23.5 Å². The van der Waals surface area contributed by atoms with Crippen LogP contribution in [0, 0.1) is 6.92 Å². The Kier molecular flexibility index (Phi) is 5.65. The number of hydrogen-bond acceptors (Lipinski definition) is 2. The van der Waals surface area contributed by atoms with Crippen LogP contribution in [-0.2, 0) is 11.2 Å². The van der Waals surface area contributed by atoms with E-state index in [9.17, 15) is 23.5 Å². The van der Waals surface area contributed by atoms with Crippen LogP contribution in [0.3, 0.4) is 0 Å². The van der Waals surface area contributed by atoms with Crippen LogP contribution in [0.25, 0.3) is 0 Å². The van der Waals surface area contributed by atoms with Crippen LogP contribution in [0.4, 0.5) is 13.6 Å². The van der Waals surface area contributed by atoms with Crippen molar-refractivity contribution in [2.24, 2.45) is 0 Å². The summed E-state index contributed by atoms with van der Waals surface area (Å²) in [6, 6.07) is 7.49. The van der Waals surface area contributed by atoms with Crippen molar-refractivity contribution in [3.63, 3.8) is 0 Å². The van der Waals surface area contributed by atoms with E-state index in [0.717, 1.165) is 12.0 Å². The van der Waals surface area contributed by atoms with E-state index in [-0.39, 0.29) is 0 Å². The van der Waals surface area contributed by atoms with Crippen LogP contribution in [0.5, 0.6) is 0 Å². The summed E-state index contributed by atoms with van der Waals surface area (Å²) in [6.45, 7) is 4.59. The number of halogens is 2. The molecule has 1 aliphatic rings. The number of carbonyl (C=O) groups is 2. The van der Waals surface area contributed by atoms with Crippen molar-refractivity contribution >= 4 is 12.0 Å². The van der Waals surface area contributed by atoms with E-state index in [2.05, 4.69) is 5.32 Å². The number of nitrogens with one attached hydrogen (secondary N) is 1. The first-order valence-corrected chi connectivity index (χ1v) is 8.41. The lowest BCUT2D eigenvalue weighted by Gasteiger charge is -2.44. The first kappa shape index (κ1) is 19.1. The summed E-state index contributed by atoms with van der Waals surface area (Å²) in [5.41, 5.74) is 0.475. The number of rotatable bonds is 7. The molecular formula is C18H24F2N2O3. The summed E-state index contributed by atoms with van der Waals surface area (Å²) < 4.78 is 26.2. The molecule has 25 heavy (non-hydrogen) atoms. The number of aliphatic carboxylic acids is 1. The zero-order valence-corrected chi connectivity index (χ0v) is 14.5. The predicted molar refractivity (Wildman–Crippen MR) is 89.8 cm³/mol. The van der Waals surface area contributed by atoms with Gasteiger partial charge in [0.25, 0.3) is 5.92 Å². The number of benzene rings is 1. The maximum absolute atomic E-state index is 13.1. The fourth-order valence-electron chi connectivity index (χ4n) is 3.04. The number of carboxylic acids is 1. The molecule has 0 unspecified atom stereocenters. The minimum absolute atomic E-state index is 0.381. The Morgan fingerprint density at radius 2 is 1.84 bits per heavy atom. The summed E-state index contributed by atoms with van der Waals surface area (Å²) in [4.78, 5) is 25.0. The number of nitrogens with zero attached hydrogens (tertiary/aromatic N) is 1. The molecule has 1 aliphatic carbocycles. The van der Waals surface area contributed by atoms with Gasteiger partial charge in [-0.3, -0.25) is 0 Å². The Bertz CT molecular complexity index is 624. The molecule has 2 amide bonds. The molecule has 1 fully saturated rings. The van der Waals surface area contributed by atoms with Crippen molar-refractivity contribution in [2.75, 3.05) is 13.1 Å². The van der Waals surface area contributed by atoms with Gasteiger partial charge in [0.1, 0.15) is 0 Å². The molecule has 7 heteroatoms. The van der Waals surface area contributed by atoms with Crippen molar-refractivity contribution in [2.45, 2.75) is 51.0 Å². The fourth-order valence-corrected chi connectivity index (χ4v) is 3.04. The molecule has 0 heterocycles. The highest BCUT2D eigenvalue weighted by atomic mass is 19.3. The SMILES string of the molecule is CCN(CCCc1ccc(C)cc1)C(=O)NC1(C(=O)O)CC(F)(F)C1. The number of carbonyl (C=O) groups excluding carboxylic acids is 1. The van der Waals surface area contributed by atoms with Gasteiger partial charge < -0.3 is 15.3 Å². The number of aryl methyl sites for hydroxylation is 2. The molecule has 1 aromatic carbocycles. The molecule has 138 valence electrons. The summed E-state index contributed by atoms with van der Waals surface area (Å²) >= 11 is 0. The van der Waals surface area contributed by atoms with Gasteiger partial charge in [-0.15, -0.1) is 0 Å². The van der Waals surface area contributed by atoms with Crippen LogP contribution >= 0.6 is 0 Å². The quantitative estimate of drug-likeness (QED) is 0.790. The van der Waals surface area contributed by atoms with E-state index in [1.807, 2.05) is 31.2 Å². The van der Waals surface area contributed by atoms with E-state index in [1.54, 1.807) is 6.92 Å². The monoisotopic (exact) mass is 354 g/mol. The lowest BCUT2D eigenvalue weighted by Crippen LogP contribution is -2.68. The average Bonchev–Trinajstić information content (AvgIpc) is 2.51. The second kappa shape index (κ2) is 7.37. The molecule has 0 atom stereocenters. The molecule has 0 saturated heterocycles. The topological polar surface area (TPSA) is 69.6 Å². The highest BCUT2D eigenvalue weighted by Crippen LogP contribution is 2.45. The summed E-state index contributed by atoms with van der Waals surface area (Å²) in [5, 5.41) is 11.5. The fraction of sp³-hybridized carbons (Fsp3) is 0.556. The Morgan fingerprint density at radius 1 is 1.24 bits per heavy atom. The summed E-state index contributed by atoms with van der Waals surface area (Å²) in [6.07, 6.45) is -0.225. The average molecular weight is 354 g/mol. The normalized spacial score (nSPS) is 17.4. The Hall–Kier alpha value is -2.18. The van der Waals surface area contributed by atoms with Gasteiger partial charge in [-0.05, 0) is 32.3 Å². The zero-order valence-electron chi connectivity index (χ0n) is 14.5. The van der Waals surface area contributed by atoms with Gasteiger partial charge in [-0.2, -0.15) is 0 Å². The zero-order chi connectivity index (χ0) is 18.7. The van der Waals surface area contributed by atoms with Gasteiger partial charge in [-0.1, -0.05) is 29.8 Å². The minimum atomic E-state index is -3.03. The summed E-state index contributed by atoms with van der Waals surface area (Å²) in [5.74, 6) is -4.45. The van der Waals surface area contributed by atoms with Crippen LogP contribution in [0.2, 0.25) is 0 Å². The molecule has 0 radical (unpaired) electrons. The van der Waals surface area contributed by atoms with E-state index >= 15 is 0 Å². The van der Waals surface area contributed by atoms with Gasteiger partial charge in [0.2, 0.25) is 0 Å². The molecular weight excluding hydrogens is 330 g/mol. The number of amides is 2. The molecule has 1 aromatic rings. The second-order valence-corrected chi connectivity index (χ2v) is 6.70. The standard InChI is InChI=1S/C18H24F2N2O3/c1-3-22(10-4-5-14-8-6-13(2)7-9-14)16(25)21-17(15(23)24)11-18(19,20)12-17/h6-9H,3-5,10-12H2,1-2H3,(H,21,25)(H,23,24). The smallest absolute Gasteiger partial charge is 0.329 e. The van der Waals surface area contributed by atoms with Crippen molar-refractivity contribution in [1.82, 2.24) is 10.2 Å². The largest absolute Gasteiger partial charge is 0.479 e.